The lowest BCUT2D eigenvalue weighted by molar-refractivity contribution is 0.0997. The van der Waals surface area contributed by atoms with Gasteiger partial charge in [-0.2, -0.15) is 0 Å². The van der Waals surface area contributed by atoms with Crippen molar-refractivity contribution in [2.24, 2.45) is 5.73 Å². The van der Waals surface area contributed by atoms with Crippen molar-refractivity contribution in [2.45, 2.75) is 13.8 Å². The Morgan fingerprint density at radius 1 is 1.29 bits per heavy atom. The average molecular weight is 361 g/mol. The van der Waals surface area contributed by atoms with Crippen molar-refractivity contribution < 1.29 is 9.32 Å². The van der Waals surface area contributed by atoms with Gasteiger partial charge in [-0.1, -0.05) is 35.4 Å². The van der Waals surface area contributed by atoms with Crippen LogP contribution in [0.4, 0.5) is 0 Å². The Hall–Kier alpha value is -1.87. The molecular weight excluding hydrogens is 343 g/mol. The van der Waals surface area contributed by atoms with E-state index in [0.717, 1.165) is 27.1 Å². The van der Waals surface area contributed by atoms with Crippen LogP contribution in [0.2, 0.25) is 5.02 Å². The van der Waals surface area contributed by atoms with Gasteiger partial charge < -0.3 is 15.2 Å². The Labute approximate surface area is 146 Å². The van der Waals surface area contributed by atoms with Gasteiger partial charge in [0.1, 0.15) is 5.69 Å². The summed E-state index contributed by atoms with van der Waals surface area (Å²) in [6, 6.07) is 13.6. The van der Waals surface area contributed by atoms with Crippen LogP contribution in [0.1, 0.15) is 23.0 Å². The standard InChI is InChI=1S/C18H18ClN2O2P/c1-3-23-24(13-6-4-5-11(2)9-13)17-14-10-12(19)7-8-15(14)21-16(17)18(20)22/h4-10,21H,3H2,1-2H3,(H2,20,22). The van der Waals surface area contributed by atoms with Gasteiger partial charge in [0.25, 0.3) is 5.91 Å². The molecule has 4 nitrogen and oxygen atoms in total. The van der Waals surface area contributed by atoms with Gasteiger partial charge in [0, 0.05) is 33.1 Å². The average Bonchev–Trinajstić information content (AvgIpc) is 2.91. The molecule has 24 heavy (non-hydrogen) atoms. The fraction of sp³-hybridized carbons (Fsp3) is 0.167. The maximum absolute atomic E-state index is 12.0. The fourth-order valence-corrected chi connectivity index (χ4v) is 4.97. The Kier molecular flexibility index (Phi) is 4.91. The van der Waals surface area contributed by atoms with E-state index >= 15 is 0 Å². The summed E-state index contributed by atoms with van der Waals surface area (Å²) in [6.07, 6.45) is 0. The summed E-state index contributed by atoms with van der Waals surface area (Å²) < 4.78 is 6.06. The number of halogens is 1. The van der Waals surface area contributed by atoms with Crippen molar-refractivity contribution in [1.82, 2.24) is 4.98 Å². The molecule has 0 aliphatic carbocycles. The number of hydrogen-bond acceptors (Lipinski definition) is 2. The van der Waals surface area contributed by atoms with Crippen LogP contribution in [0.3, 0.4) is 0 Å². The molecule has 0 aliphatic rings. The fourth-order valence-electron chi connectivity index (χ4n) is 2.69. The Bertz CT molecular complexity index is 907. The maximum Gasteiger partial charge on any atom is 0.265 e. The number of aryl methyl sites for hydroxylation is 1. The number of carbonyl (C=O) groups is 1. The zero-order chi connectivity index (χ0) is 17.3. The SMILES string of the molecule is CCOP(c1cccc(C)c1)c1c(C(N)=O)[nH]c2ccc(Cl)cc12. The van der Waals surface area contributed by atoms with Crippen LogP contribution in [0.15, 0.2) is 42.5 Å². The first-order chi connectivity index (χ1) is 11.5. The highest BCUT2D eigenvalue weighted by Crippen LogP contribution is 2.39. The number of amides is 1. The predicted molar refractivity (Wildman–Crippen MR) is 101 cm³/mol. The number of carbonyl (C=O) groups excluding carboxylic acids is 1. The second-order valence-electron chi connectivity index (χ2n) is 5.45. The van der Waals surface area contributed by atoms with Crippen molar-refractivity contribution in [1.29, 1.82) is 0 Å². The monoisotopic (exact) mass is 360 g/mol. The van der Waals surface area contributed by atoms with Crippen LogP contribution >= 0.6 is 19.7 Å². The molecule has 0 bridgehead atoms. The topological polar surface area (TPSA) is 68.1 Å². The molecule has 1 aromatic heterocycles. The zero-order valence-corrected chi connectivity index (χ0v) is 15.1. The molecular formula is C18H18ClN2O2P. The summed E-state index contributed by atoms with van der Waals surface area (Å²) in [5, 5.41) is 3.31. The zero-order valence-electron chi connectivity index (χ0n) is 13.5. The summed E-state index contributed by atoms with van der Waals surface area (Å²) in [5.41, 5.74) is 7.95. The highest BCUT2D eigenvalue weighted by molar-refractivity contribution is 7.69. The molecule has 2 aromatic carbocycles. The van der Waals surface area contributed by atoms with E-state index in [2.05, 4.69) is 11.1 Å². The van der Waals surface area contributed by atoms with E-state index in [-0.39, 0.29) is 0 Å². The molecule has 0 saturated heterocycles. The van der Waals surface area contributed by atoms with Crippen LogP contribution in [0.5, 0.6) is 0 Å². The molecule has 1 atom stereocenters. The van der Waals surface area contributed by atoms with Gasteiger partial charge in [0.15, 0.2) is 0 Å². The molecule has 0 spiro atoms. The number of H-pyrrole nitrogens is 1. The van der Waals surface area contributed by atoms with Crippen LogP contribution in [-0.4, -0.2) is 17.5 Å². The Morgan fingerprint density at radius 3 is 2.75 bits per heavy atom. The van der Waals surface area contributed by atoms with Gasteiger partial charge in [-0.05, 0) is 38.1 Å². The minimum Gasteiger partial charge on any atom is -0.364 e. The summed E-state index contributed by atoms with van der Waals surface area (Å²) in [6.45, 7) is 4.51. The molecule has 0 fully saturated rings. The smallest absolute Gasteiger partial charge is 0.265 e. The van der Waals surface area contributed by atoms with E-state index in [0.29, 0.717) is 17.3 Å². The summed E-state index contributed by atoms with van der Waals surface area (Å²) >= 11 is 6.17. The quantitative estimate of drug-likeness (QED) is 0.682. The van der Waals surface area contributed by atoms with Crippen molar-refractivity contribution >= 4 is 47.2 Å². The van der Waals surface area contributed by atoms with Crippen LogP contribution in [0.25, 0.3) is 10.9 Å². The summed E-state index contributed by atoms with van der Waals surface area (Å²) in [4.78, 5) is 15.1. The van der Waals surface area contributed by atoms with Crippen molar-refractivity contribution in [3.8, 4) is 0 Å². The number of rotatable bonds is 5. The maximum atomic E-state index is 12.0. The van der Waals surface area contributed by atoms with Gasteiger partial charge >= 0.3 is 0 Å². The van der Waals surface area contributed by atoms with Gasteiger partial charge in [-0.25, -0.2) is 0 Å². The molecule has 6 heteroatoms. The number of aromatic amines is 1. The third-order valence-corrected chi connectivity index (χ3v) is 6.05. The third kappa shape index (κ3) is 3.18. The molecule has 0 aliphatic heterocycles. The third-order valence-electron chi connectivity index (χ3n) is 3.68. The molecule has 1 unspecified atom stereocenters. The van der Waals surface area contributed by atoms with Crippen LogP contribution < -0.4 is 16.3 Å². The van der Waals surface area contributed by atoms with E-state index in [1.54, 1.807) is 6.07 Å². The van der Waals surface area contributed by atoms with E-state index < -0.39 is 14.1 Å². The molecule has 0 radical (unpaired) electrons. The minimum absolute atomic E-state index is 0.383. The van der Waals surface area contributed by atoms with Crippen molar-refractivity contribution in [3.63, 3.8) is 0 Å². The number of nitrogens with two attached hydrogens (primary N) is 1. The first-order valence-electron chi connectivity index (χ1n) is 7.62. The van der Waals surface area contributed by atoms with E-state index in [9.17, 15) is 4.79 Å². The number of primary amides is 1. The number of nitrogens with one attached hydrogen (secondary N) is 1. The van der Waals surface area contributed by atoms with Crippen LogP contribution in [0, 0.1) is 6.92 Å². The lowest BCUT2D eigenvalue weighted by atomic mass is 10.2. The molecule has 3 N–H and O–H groups in total. The van der Waals surface area contributed by atoms with Gasteiger partial charge in [-0.3, -0.25) is 4.79 Å². The highest BCUT2D eigenvalue weighted by atomic mass is 35.5. The van der Waals surface area contributed by atoms with Gasteiger partial charge in [0.2, 0.25) is 0 Å². The predicted octanol–water partition coefficient (Wildman–Crippen LogP) is 3.61. The normalized spacial score (nSPS) is 12.5. The lowest BCUT2D eigenvalue weighted by Crippen LogP contribution is -2.24. The Balaban J connectivity index is 2.28. The van der Waals surface area contributed by atoms with E-state index in [1.165, 1.54) is 0 Å². The Morgan fingerprint density at radius 2 is 2.08 bits per heavy atom. The first kappa shape index (κ1) is 17.0. The van der Waals surface area contributed by atoms with Crippen molar-refractivity contribution in [2.75, 3.05) is 6.61 Å². The number of benzene rings is 2. The first-order valence-corrected chi connectivity index (χ1v) is 9.25. The van der Waals surface area contributed by atoms with Gasteiger partial charge in [-0.15, -0.1) is 0 Å². The second-order valence-corrected chi connectivity index (χ2v) is 7.70. The number of hydrogen-bond donors (Lipinski definition) is 2. The largest absolute Gasteiger partial charge is 0.364 e. The number of aromatic nitrogens is 1. The summed E-state index contributed by atoms with van der Waals surface area (Å²) in [5.74, 6) is -0.503. The minimum atomic E-state index is -1.19. The van der Waals surface area contributed by atoms with Crippen molar-refractivity contribution in [3.05, 3.63) is 58.7 Å². The molecule has 1 amide bonds. The summed E-state index contributed by atoms with van der Waals surface area (Å²) in [7, 11) is -1.19. The molecule has 0 saturated carbocycles. The molecule has 1 heterocycles. The van der Waals surface area contributed by atoms with Crippen LogP contribution in [-0.2, 0) is 4.52 Å². The van der Waals surface area contributed by atoms with E-state index in [1.807, 2.05) is 44.2 Å². The van der Waals surface area contributed by atoms with E-state index in [4.69, 9.17) is 21.9 Å². The molecule has 3 rings (SSSR count). The molecule has 3 aromatic rings. The lowest BCUT2D eigenvalue weighted by Gasteiger charge is -2.18. The highest BCUT2D eigenvalue weighted by Gasteiger charge is 2.26. The van der Waals surface area contributed by atoms with Gasteiger partial charge in [0.05, 0.1) is 8.15 Å². The second kappa shape index (κ2) is 6.94. The molecule has 124 valence electrons. The number of fused-ring (bicyclic) bond motifs is 1.